The molecule has 4 heteroatoms. The fourth-order valence-corrected chi connectivity index (χ4v) is 4.42. The van der Waals surface area contributed by atoms with Crippen LogP contribution in [0, 0.1) is 16.7 Å². The van der Waals surface area contributed by atoms with Crippen LogP contribution in [0.4, 0.5) is 0 Å². The van der Waals surface area contributed by atoms with E-state index in [0.29, 0.717) is 5.41 Å². The van der Waals surface area contributed by atoms with Crippen molar-refractivity contribution < 1.29 is 9.09 Å². The van der Waals surface area contributed by atoms with Gasteiger partial charge in [0.2, 0.25) is 0 Å². The monoisotopic (exact) mass is 321 g/mol. The van der Waals surface area contributed by atoms with Gasteiger partial charge in [-0.3, -0.25) is 0 Å². The van der Waals surface area contributed by atoms with Crippen molar-refractivity contribution in [1.82, 2.24) is 0 Å². The summed E-state index contributed by atoms with van der Waals surface area (Å²) in [6, 6.07) is 0. The van der Waals surface area contributed by atoms with E-state index in [2.05, 4.69) is 53.8 Å². The van der Waals surface area contributed by atoms with E-state index in [1.807, 2.05) is 13.8 Å². The standard InChI is InChI=1S/C16H33O2PS/c1-13(11-14(2,3)4)9-10-15(5,6)12-16(7,8)18-19(17)20/h13H,9-12H2,1-8H3/p+1. The molecule has 0 rings (SSSR count). The molecule has 2 atom stereocenters. The van der Waals surface area contributed by atoms with Gasteiger partial charge in [0.05, 0.1) is 0 Å². The normalized spacial score (nSPS) is 16.1. The van der Waals surface area contributed by atoms with Crippen LogP contribution in [0.1, 0.15) is 81.1 Å². The van der Waals surface area contributed by atoms with Crippen molar-refractivity contribution in [2.45, 2.75) is 86.7 Å². The van der Waals surface area contributed by atoms with E-state index in [-0.39, 0.29) is 11.0 Å². The van der Waals surface area contributed by atoms with Crippen LogP contribution in [0.5, 0.6) is 0 Å². The lowest BCUT2D eigenvalue weighted by molar-refractivity contribution is 0.0613. The highest BCUT2D eigenvalue weighted by Crippen LogP contribution is 2.42. The Morgan fingerprint density at radius 3 is 2.00 bits per heavy atom. The minimum absolute atomic E-state index is 0.189. The van der Waals surface area contributed by atoms with Gasteiger partial charge in [-0.2, -0.15) is 0 Å². The molecule has 0 aromatic heterocycles. The van der Waals surface area contributed by atoms with Crippen LogP contribution < -0.4 is 0 Å². The van der Waals surface area contributed by atoms with Crippen LogP contribution in [0.2, 0.25) is 0 Å². The van der Waals surface area contributed by atoms with Crippen molar-refractivity contribution in [2.24, 2.45) is 16.7 Å². The van der Waals surface area contributed by atoms with E-state index in [0.717, 1.165) is 12.3 Å². The third-order valence-electron chi connectivity index (χ3n) is 3.50. The van der Waals surface area contributed by atoms with Crippen LogP contribution in [0.25, 0.3) is 0 Å². The molecule has 0 aliphatic carbocycles. The zero-order valence-corrected chi connectivity index (χ0v) is 16.4. The van der Waals surface area contributed by atoms with Crippen molar-refractivity contribution in [3.05, 3.63) is 0 Å². The van der Waals surface area contributed by atoms with E-state index in [4.69, 9.17) is 4.52 Å². The molecule has 0 aliphatic rings. The minimum Gasteiger partial charge on any atom is -0.130 e. The predicted octanol–water partition coefficient (Wildman–Crippen LogP) is 6.64. The molecule has 20 heavy (non-hydrogen) atoms. The molecule has 2 unspecified atom stereocenters. The summed E-state index contributed by atoms with van der Waals surface area (Å²) in [6.07, 6.45) is 4.54. The minimum atomic E-state index is -1.84. The molecular formula is C16H34O2PS+. The Morgan fingerprint density at radius 2 is 1.60 bits per heavy atom. The first-order valence-corrected chi connectivity index (χ1v) is 9.91. The van der Waals surface area contributed by atoms with Crippen LogP contribution in [-0.4, -0.2) is 5.60 Å². The molecule has 0 saturated heterocycles. The summed E-state index contributed by atoms with van der Waals surface area (Å²) < 4.78 is 16.6. The lowest BCUT2D eigenvalue weighted by Crippen LogP contribution is -2.30. The number of hydrogen-bond donors (Lipinski definition) is 1. The van der Waals surface area contributed by atoms with E-state index in [1.54, 1.807) is 0 Å². The summed E-state index contributed by atoms with van der Waals surface area (Å²) in [5.41, 5.74) is 0.205. The highest BCUT2D eigenvalue weighted by molar-refractivity contribution is 8.39. The van der Waals surface area contributed by atoms with Gasteiger partial charge in [0.25, 0.3) is 0 Å². The second-order valence-electron chi connectivity index (χ2n) is 8.84. The van der Waals surface area contributed by atoms with Crippen molar-refractivity contribution in [2.75, 3.05) is 0 Å². The first-order valence-electron chi connectivity index (χ1n) is 7.58. The maximum absolute atomic E-state index is 11.2. The third-order valence-corrected chi connectivity index (χ3v) is 4.40. The van der Waals surface area contributed by atoms with Gasteiger partial charge < -0.3 is 0 Å². The molecule has 0 aromatic rings. The Morgan fingerprint density at radius 1 is 1.10 bits per heavy atom. The van der Waals surface area contributed by atoms with Crippen LogP contribution in [0.3, 0.4) is 0 Å². The maximum Gasteiger partial charge on any atom is 0.582 e. The summed E-state index contributed by atoms with van der Waals surface area (Å²) in [4.78, 5) is 0. The van der Waals surface area contributed by atoms with Crippen molar-refractivity contribution >= 4 is 19.5 Å². The van der Waals surface area contributed by atoms with E-state index >= 15 is 0 Å². The van der Waals surface area contributed by atoms with Gasteiger partial charge >= 0.3 is 7.23 Å². The topological polar surface area (TPSA) is 26.3 Å². The summed E-state index contributed by atoms with van der Waals surface area (Å²) in [5, 5.41) is 0. The molecule has 0 spiro atoms. The lowest BCUT2D eigenvalue weighted by Gasteiger charge is -2.33. The molecule has 0 radical (unpaired) electrons. The first-order chi connectivity index (χ1) is 8.72. The summed E-state index contributed by atoms with van der Waals surface area (Å²) in [5.74, 6) is 0.736. The number of hydrogen-bond acceptors (Lipinski definition) is 2. The molecule has 0 fully saturated rings. The average molecular weight is 321 g/mol. The quantitative estimate of drug-likeness (QED) is 0.401. The molecule has 2 nitrogen and oxygen atoms in total. The largest absolute Gasteiger partial charge is 0.582 e. The zero-order chi connectivity index (χ0) is 16.2. The third kappa shape index (κ3) is 11.1. The lowest BCUT2D eigenvalue weighted by atomic mass is 9.75. The second-order valence-corrected chi connectivity index (χ2v) is 10.5. The molecule has 0 bridgehead atoms. The van der Waals surface area contributed by atoms with Crippen LogP contribution in [-0.2, 0) is 9.09 Å². The molecule has 0 N–H and O–H groups in total. The van der Waals surface area contributed by atoms with Crippen LogP contribution in [0.15, 0.2) is 0 Å². The van der Waals surface area contributed by atoms with Gasteiger partial charge in [0.15, 0.2) is 0 Å². The second kappa shape index (κ2) is 7.61. The summed E-state index contributed by atoms with van der Waals surface area (Å²) in [7, 11) is -1.84. The fraction of sp³-hybridized carbons (Fsp3) is 1.00. The molecule has 0 saturated carbocycles. The van der Waals surface area contributed by atoms with Crippen molar-refractivity contribution in [3.63, 3.8) is 0 Å². The molecule has 0 aliphatic heterocycles. The molecule has 0 amide bonds. The van der Waals surface area contributed by atoms with Gasteiger partial charge in [-0.1, -0.05) is 48.0 Å². The van der Waals surface area contributed by atoms with Gasteiger partial charge in [-0.15, -0.1) is 4.52 Å². The maximum atomic E-state index is 11.2. The van der Waals surface area contributed by atoms with E-state index in [9.17, 15) is 4.57 Å². The van der Waals surface area contributed by atoms with Gasteiger partial charge in [-0.05, 0) is 54.4 Å². The van der Waals surface area contributed by atoms with E-state index in [1.165, 1.54) is 19.3 Å². The predicted molar refractivity (Wildman–Crippen MR) is 92.6 cm³/mol. The SMILES string of the molecule is CC(CCC(C)(C)CC(C)(C)O[P+](=O)S)CC(C)(C)C. The average Bonchev–Trinajstić information content (AvgIpc) is 2.07. The van der Waals surface area contributed by atoms with Crippen molar-refractivity contribution in [1.29, 1.82) is 0 Å². The van der Waals surface area contributed by atoms with Gasteiger partial charge in [-0.25, -0.2) is 0 Å². The Bertz CT molecular complexity index is 319. The Balaban J connectivity index is 4.35. The molecule has 0 aromatic carbocycles. The van der Waals surface area contributed by atoms with Gasteiger partial charge in [0, 0.05) is 0 Å². The van der Waals surface area contributed by atoms with Crippen LogP contribution >= 0.6 is 19.5 Å². The van der Waals surface area contributed by atoms with E-state index < -0.39 is 7.23 Å². The summed E-state index contributed by atoms with van der Waals surface area (Å²) >= 11 is 3.86. The van der Waals surface area contributed by atoms with Gasteiger partial charge in [0.1, 0.15) is 17.8 Å². The molecular weight excluding hydrogens is 287 g/mol. The fourth-order valence-electron chi connectivity index (χ4n) is 3.27. The smallest absolute Gasteiger partial charge is 0.130 e. The Labute approximate surface area is 132 Å². The number of rotatable bonds is 8. The number of thiol groups is 1. The molecule has 0 heterocycles. The first kappa shape index (κ1) is 20.4. The summed E-state index contributed by atoms with van der Waals surface area (Å²) in [6.45, 7) is 17.8. The highest BCUT2D eigenvalue weighted by atomic mass is 32.7. The highest BCUT2D eigenvalue weighted by Gasteiger charge is 2.35. The zero-order valence-electron chi connectivity index (χ0n) is 14.6. The van der Waals surface area contributed by atoms with Crippen molar-refractivity contribution in [3.8, 4) is 0 Å². The Kier molecular flexibility index (Phi) is 7.76. The molecule has 120 valence electrons. The Hall–Kier alpha value is 0.410.